The molecule has 1 saturated carbocycles. The topological polar surface area (TPSA) is 0 Å². The molecule has 0 saturated heterocycles. The van der Waals surface area contributed by atoms with Gasteiger partial charge >= 0.3 is 0 Å². The molecular weight excluding hydrogens is 202 g/mol. The Morgan fingerprint density at radius 3 is 2.40 bits per heavy atom. The monoisotopic (exact) mass is 212 g/mol. The van der Waals surface area contributed by atoms with Gasteiger partial charge in [0.1, 0.15) is 0 Å². The van der Waals surface area contributed by atoms with Crippen LogP contribution in [-0.2, 0) is 0 Å². The summed E-state index contributed by atoms with van der Waals surface area (Å²) in [5.74, 6) is -2.02. The van der Waals surface area contributed by atoms with Crippen LogP contribution < -0.4 is 0 Å². The van der Waals surface area contributed by atoms with Gasteiger partial charge in [-0.05, 0) is 18.8 Å². The Kier molecular flexibility index (Phi) is 2.67. The number of rotatable bonds is 3. The normalized spacial score (nSPS) is 24.3. The molecular formula is C7H11BrF2. The molecule has 10 heavy (non-hydrogen) atoms. The molecule has 0 aromatic rings. The van der Waals surface area contributed by atoms with Gasteiger partial charge in [0.05, 0.1) is 0 Å². The average molecular weight is 213 g/mol. The standard InChI is InChI=1S/C7H11BrF2/c8-3-1-2-6-4-7(9,10)5-6/h6H,1-5H2. The number of halogens is 3. The fourth-order valence-corrected chi connectivity index (χ4v) is 1.68. The summed E-state index contributed by atoms with van der Waals surface area (Å²) in [7, 11) is 0. The van der Waals surface area contributed by atoms with E-state index in [2.05, 4.69) is 15.9 Å². The van der Waals surface area contributed by atoms with E-state index in [1.54, 1.807) is 0 Å². The molecule has 1 aliphatic rings. The molecule has 60 valence electrons. The first kappa shape index (κ1) is 8.44. The lowest BCUT2D eigenvalue weighted by molar-refractivity contribution is -0.112. The van der Waals surface area contributed by atoms with Crippen molar-refractivity contribution in [3.8, 4) is 0 Å². The van der Waals surface area contributed by atoms with Crippen LogP contribution in [0.5, 0.6) is 0 Å². The molecule has 0 aromatic heterocycles. The fraction of sp³-hybridized carbons (Fsp3) is 1.00. The third-order valence-electron chi connectivity index (χ3n) is 1.92. The van der Waals surface area contributed by atoms with Crippen LogP contribution in [0.2, 0.25) is 0 Å². The molecule has 0 aromatic carbocycles. The quantitative estimate of drug-likeness (QED) is 0.631. The summed E-state index contributed by atoms with van der Waals surface area (Å²) in [4.78, 5) is 0. The highest BCUT2D eigenvalue weighted by Gasteiger charge is 2.44. The van der Waals surface area contributed by atoms with Gasteiger partial charge in [-0.2, -0.15) is 0 Å². The maximum absolute atomic E-state index is 12.2. The van der Waals surface area contributed by atoms with Crippen molar-refractivity contribution in [3.05, 3.63) is 0 Å². The van der Waals surface area contributed by atoms with Crippen LogP contribution in [0.15, 0.2) is 0 Å². The predicted molar refractivity (Wildman–Crippen MR) is 40.7 cm³/mol. The fourth-order valence-electron chi connectivity index (χ4n) is 1.35. The summed E-state index contributed by atoms with van der Waals surface area (Å²) in [5.41, 5.74) is 0. The first-order chi connectivity index (χ1) is 4.64. The highest BCUT2D eigenvalue weighted by molar-refractivity contribution is 9.09. The van der Waals surface area contributed by atoms with Gasteiger partial charge in [-0.25, -0.2) is 8.78 Å². The second-order valence-electron chi connectivity index (χ2n) is 2.96. The highest BCUT2D eigenvalue weighted by atomic mass is 79.9. The van der Waals surface area contributed by atoms with Crippen LogP contribution in [0.4, 0.5) is 8.78 Å². The lowest BCUT2D eigenvalue weighted by atomic mass is 9.79. The third kappa shape index (κ3) is 2.19. The molecule has 0 radical (unpaired) electrons. The van der Waals surface area contributed by atoms with E-state index in [0.717, 1.165) is 18.2 Å². The zero-order valence-corrected chi connectivity index (χ0v) is 7.33. The van der Waals surface area contributed by atoms with Crippen LogP contribution in [0.25, 0.3) is 0 Å². The van der Waals surface area contributed by atoms with E-state index in [1.165, 1.54) is 0 Å². The van der Waals surface area contributed by atoms with Crippen molar-refractivity contribution in [2.75, 3.05) is 5.33 Å². The lowest BCUT2D eigenvalue weighted by Gasteiger charge is -2.34. The second-order valence-corrected chi connectivity index (χ2v) is 3.75. The minimum atomic E-state index is -2.32. The average Bonchev–Trinajstić information content (AvgIpc) is 1.78. The highest BCUT2D eigenvalue weighted by Crippen LogP contribution is 2.44. The molecule has 0 atom stereocenters. The van der Waals surface area contributed by atoms with Crippen LogP contribution >= 0.6 is 15.9 Å². The van der Waals surface area contributed by atoms with Crippen LogP contribution in [-0.4, -0.2) is 11.3 Å². The number of hydrogen-bond acceptors (Lipinski definition) is 0. The van der Waals surface area contributed by atoms with Crippen molar-refractivity contribution in [1.82, 2.24) is 0 Å². The van der Waals surface area contributed by atoms with Crippen molar-refractivity contribution in [2.24, 2.45) is 5.92 Å². The van der Waals surface area contributed by atoms with Crippen molar-refractivity contribution >= 4 is 15.9 Å². The smallest absolute Gasteiger partial charge is 0.207 e. The Bertz CT molecular complexity index is 106. The Morgan fingerprint density at radius 2 is 2.00 bits per heavy atom. The zero-order chi connectivity index (χ0) is 7.61. The molecule has 0 N–H and O–H groups in total. The first-order valence-corrected chi connectivity index (χ1v) is 4.70. The Labute approximate surface area is 68.1 Å². The maximum Gasteiger partial charge on any atom is 0.248 e. The van der Waals surface area contributed by atoms with Crippen LogP contribution in [0.3, 0.4) is 0 Å². The third-order valence-corrected chi connectivity index (χ3v) is 2.48. The molecule has 1 fully saturated rings. The summed E-state index contributed by atoms with van der Waals surface area (Å²) in [6.45, 7) is 0. The van der Waals surface area contributed by atoms with E-state index < -0.39 is 5.92 Å². The lowest BCUT2D eigenvalue weighted by Crippen LogP contribution is -2.35. The molecule has 3 heteroatoms. The molecule has 0 aliphatic heterocycles. The van der Waals surface area contributed by atoms with Gasteiger partial charge in [-0.15, -0.1) is 0 Å². The Balaban J connectivity index is 2.03. The first-order valence-electron chi connectivity index (χ1n) is 3.58. The minimum Gasteiger partial charge on any atom is -0.207 e. The SMILES string of the molecule is FC1(F)CC(CCCBr)C1. The number of alkyl halides is 3. The number of hydrogen-bond donors (Lipinski definition) is 0. The van der Waals surface area contributed by atoms with Gasteiger partial charge in [0.15, 0.2) is 0 Å². The largest absolute Gasteiger partial charge is 0.248 e. The van der Waals surface area contributed by atoms with Crippen molar-refractivity contribution in [3.63, 3.8) is 0 Å². The van der Waals surface area contributed by atoms with Gasteiger partial charge in [0.2, 0.25) is 5.92 Å². The van der Waals surface area contributed by atoms with E-state index >= 15 is 0 Å². The summed E-state index contributed by atoms with van der Waals surface area (Å²) in [5, 5.41) is 0.940. The van der Waals surface area contributed by atoms with Gasteiger partial charge in [-0.1, -0.05) is 15.9 Å². The summed E-state index contributed by atoms with van der Waals surface area (Å²) < 4.78 is 24.4. The van der Waals surface area contributed by atoms with Crippen molar-refractivity contribution in [1.29, 1.82) is 0 Å². The van der Waals surface area contributed by atoms with E-state index in [1.807, 2.05) is 0 Å². The van der Waals surface area contributed by atoms with Crippen molar-refractivity contribution in [2.45, 2.75) is 31.6 Å². The molecule has 0 unspecified atom stereocenters. The molecule has 0 amide bonds. The molecule has 0 heterocycles. The molecule has 0 bridgehead atoms. The van der Waals surface area contributed by atoms with Crippen LogP contribution in [0, 0.1) is 5.92 Å². The van der Waals surface area contributed by atoms with Gasteiger partial charge < -0.3 is 0 Å². The van der Waals surface area contributed by atoms with E-state index in [9.17, 15) is 8.78 Å². The molecule has 0 nitrogen and oxygen atoms in total. The van der Waals surface area contributed by atoms with Gasteiger partial charge in [-0.3, -0.25) is 0 Å². The van der Waals surface area contributed by atoms with Crippen LogP contribution in [0.1, 0.15) is 25.7 Å². The Hall–Kier alpha value is 0.340. The van der Waals surface area contributed by atoms with Crippen molar-refractivity contribution < 1.29 is 8.78 Å². The predicted octanol–water partition coefficient (Wildman–Crippen LogP) is 3.21. The Morgan fingerprint density at radius 1 is 1.40 bits per heavy atom. The minimum absolute atomic E-state index is 0.125. The molecule has 1 aliphatic carbocycles. The molecule has 0 spiro atoms. The summed E-state index contributed by atoms with van der Waals surface area (Å²) in [6, 6.07) is 0. The zero-order valence-electron chi connectivity index (χ0n) is 5.75. The summed E-state index contributed by atoms with van der Waals surface area (Å²) >= 11 is 3.27. The van der Waals surface area contributed by atoms with E-state index in [0.29, 0.717) is 5.92 Å². The van der Waals surface area contributed by atoms with E-state index in [4.69, 9.17) is 0 Å². The van der Waals surface area contributed by atoms with E-state index in [-0.39, 0.29) is 12.8 Å². The summed E-state index contributed by atoms with van der Waals surface area (Å²) in [6.07, 6.45) is 2.24. The molecule has 1 rings (SSSR count). The van der Waals surface area contributed by atoms with Gasteiger partial charge in [0.25, 0.3) is 0 Å². The second kappa shape index (κ2) is 3.16. The maximum atomic E-state index is 12.2. The van der Waals surface area contributed by atoms with Gasteiger partial charge in [0, 0.05) is 18.2 Å².